The average Bonchev–Trinajstić information content (AvgIpc) is 3.11. The third-order valence-electron chi connectivity index (χ3n) is 4.30. The Bertz CT molecular complexity index is 1100. The van der Waals surface area contributed by atoms with Crippen LogP contribution >= 0.6 is 11.6 Å². The number of fused-ring (bicyclic) bond motifs is 1. The molecule has 3 aromatic carbocycles. The van der Waals surface area contributed by atoms with Crippen molar-refractivity contribution in [2.75, 3.05) is 0 Å². The van der Waals surface area contributed by atoms with E-state index < -0.39 is 11.7 Å². The van der Waals surface area contributed by atoms with Crippen molar-refractivity contribution < 1.29 is 17.9 Å². The van der Waals surface area contributed by atoms with Crippen molar-refractivity contribution in [3.05, 3.63) is 82.9 Å². The van der Waals surface area contributed by atoms with Crippen molar-refractivity contribution >= 4 is 22.6 Å². The van der Waals surface area contributed by atoms with Gasteiger partial charge in [0.15, 0.2) is 0 Å². The molecule has 4 rings (SSSR count). The SMILES string of the molecule is FC(F)(F)c1ccccc1COc1cc(-c2nc3ccccc3[nH]2)ccc1Cl. The minimum atomic E-state index is -4.44. The van der Waals surface area contributed by atoms with E-state index >= 15 is 0 Å². The van der Waals surface area contributed by atoms with Gasteiger partial charge in [-0.15, -0.1) is 0 Å². The normalized spacial score (nSPS) is 11.7. The molecule has 0 unspecified atom stereocenters. The monoisotopic (exact) mass is 402 g/mol. The zero-order chi connectivity index (χ0) is 19.7. The maximum absolute atomic E-state index is 13.1. The van der Waals surface area contributed by atoms with Crippen molar-refractivity contribution in [1.82, 2.24) is 9.97 Å². The fraction of sp³-hybridized carbons (Fsp3) is 0.0952. The lowest BCUT2D eigenvalue weighted by molar-refractivity contribution is -0.138. The summed E-state index contributed by atoms with van der Waals surface area (Å²) in [6, 6.07) is 18.0. The number of nitrogens with zero attached hydrogens (tertiary/aromatic N) is 1. The van der Waals surface area contributed by atoms with Gasteiger partial charge in [0, 0.05) is 11.1 Å². The second kappa shape index (κ2) is 7.20. The van der Waals surface area contributed by atoms with Crippen molar-refractivity contribution in [2.24, 2.45) is 0 Å². The summed E-state index contributed by atoms with van der Waals surface area (Å²) in [5, 5.41) is 0.310. The first-order chi connectivity index (χ1) is 13.4. The van der Waals surface area contributed by atoms with Gasteiger partial charge in [0.05, 0.1) is 21.6 Å². The first-order valence-corrected chi connectivity index (χ1v) is 8.82. The molecule has 7 heteroatoms. The fourth-order valence-electron chi connectivity index (χ4n) is 2.93. The van der Waals surface area contributed by atoms with E-state index in [0.29, 0.717) is 10.8 Å². The second-order valence-corrected chi connectivity index (χ2v) is 6.60. The third-order valence-corrected chi connectivity index (χ3v) is 4.61. The molecular formula is C21H14ClF3N2O. The minimum Gasteiger partial charge on any atom is -0.487 e. The third kappa shape index (κ3) is 3.68. The number of ether oxygens (including phenoxy) is 1. The molecule has 4 aromatic rings. The number of para-hydroxylation sites is 2. The molecule has 0 fully saturated rings. The molecule has 0 spiro atoms. The number of aromatic amines is 1. The quantitative estimate of drug-likeness (QED) is 0.424. The van der Waals surface area contributed by atoms with Crippen LogP contribution in [0.2, 0.25) is 5.02 Å². The van der Waals surface area contributed by atoms with Crippen LogP contribution in [0.25, 0.3) is 22.4 Å². The van der Waals surface area contributed by atoms with E-state index in [4.69, 9.17) is 16.3 Å². The van der Waals surface area contributed by atoms with E-state index in [-0.39, 0.29) is 17.9 Å². The van der Waals surface area contributed by atoms with Crippen molar-refractivity contribution in [2.45, 2.75) is 12.8 Å². The molecule has 28 heavy (non-hydrogen) atoms. The van der Waals surface area contributed by atoms with Crippen LogP contribution in [0, 0.1) is 0 Å². The Labute approximate surface area is 163 Å². The van der Waals surface area contributed by atoms with Crippen LogP contribution in [0.5, 0.6) is 5.75 Å². The van der Waals surface area contributed by atoms with E-state index in [1.54, 1.807) is 24.3 Å². The molecule has 0 amide bonds. The molecule has 0 aliphatic rings. The lowest BCUT2D eigenvalue weighted by Crippen LogP contribution is -2.10. The predicted octanol–water partition coefficient (Wildman–Crippen LogP) is 6.48. The molecule has 1 aromatic heterocycles. The van der Waals surface area contributed by atoms with Crippen LogP contribution in [-0.4, -0.2) is 9.97 Å². The van der Waals surface area contributed by atoms with Gasteiger partial charge in [-0.2, -0.15) is 13.2 Å². The summed E-state index contributed by atoms with van der Waals surface area (Å²) in [7, 11) is 0. The Morgan fingerprint density at radius 3 is 2.50 bits per heavy atom. The van der Waals surface area contributed by atoms with E-state index in [0.717, 1.165) is 22.7 Å². The minimum absolute atomic E-state index is 0.0419. The first-order valence-electron chi connectivity index (χ1n) is 8.44. The summed E-state index contributed by atoms with van der Waals surface area (Å²) < 4.78 is 45.1. The van der Waals surface area contributed by atoms with Gasteiger partial charge in [-0.25, -0.2) is 4.98 Å². The number of aromatic nitrogens is 2. The van der Waals surface area contributed by atoms with Gasteiger partial charge in [-0.1, -0.05) is 41.9 Å². The molecule has 0 saturated carbocycles. The lowest BCUT2D eigenvalue weighted by Gasteiger charge is -2.14. The van der Waals surface area contributed by atoms with Gasteiger partial charge in [-0.3, -0.25) is 0 Å². The number of imidazole rings is 1. The Balaban J connectivity index is 1.62. The molecule has 0 aliphatic carbocycles. The van der Waals surface area contributed by atoms with Crippen molar-refractivity contribution in [3.8, 4) is 17.1 Å². The highest BCUT2D eigenvalue weighted by atomic mass is 35.5. The average molecular weight is 403 g/mol. The number of nitrogens with one attached hydrogen (secondary N) is 1. The van der Waals surface area contributed by atoms with Gasteiger partial charge in [0.1, 0.15) is 18.2 Å². The van der Waals surface area contributed by atoms with E-state index in [1.165, 1.54) is 12.1 Å². The van der Waals surface area contributed by atoms with Crippen LogP contribution in [0.15, 0.2) is 66.7 Å². The van der Waals surface area contributed by atoms with Crippen molar-refractivity contribution in [1.29, 1.82) is 0 Å². The highest BCUT2D eigenvalue weighted by Gasteiger charge is 2.33. The Kier molecular flexibility index (Phi) is 4.73. The Hall–Kier alpha value is -2.99. The van der Waals surface area contributed by atoms with E-state index in [9.17, 15) is 13.2 Å². The molecule has 0 saturated heterocycles. The smallest absolute Gasteiger partial charge is 0.416 e. The van der Waals surface area contributed by atoms with Gasteiger partial charge < -0.3 is 9.72 Å². The molecule has 0 aliphatic heterocycles. The van der Waals surface area contributed by atoms with Crippen LogP contribution < -0.4 is 4.74 Å². The van der Waals surface area contributed by atoms with Crippen LogP contribution in [0.1, 0.15) is 11.1 Å². The summed E-state index contributed by atoms with van der Waals surface area (Å²) in [6.07, 6.45) is -4.44. The summed E-state index contributed by atoms with van der Waals surface area (Å²) in [4.78, 5) is 7.72. The fourth-order valence-corrected chi connectivity index (χ4v) is 3.10. The van der Waals surface area contributed by atoms with Crippen molar-refractivity contribution in [3.63, 3.8) is 0 Å². The highest BCUT2D eigenvalue weighted by molar-refractivity contribution is 6.32. The standard InChI is InChI=1S/C21H14ClF3N2O/c22-16-10-9-13(20-26-17-7-3-4-8-18(17)27-20)11-19(16)28-12-14-5-1-2-6-15(14)21(23,24)25/h1-11H,12H2,(H,26,27). The molecular weight excluding hydrogens is 389 g/mol. The van der Waals surface area contributed by atoms with Gasteiger partial charge in [-0.05, 0) is 36.4 Å². The molecule has 0 atom stereocenters. The van der Waals surface area contributed by atoms with Gasteiger partial charge in [0.2, 0.25) is 0 Å². The number of rotatable bonds is 4. The van der Waals surface area contributed by atoms with Crippen LogP contribution in [0.3, 0.4) is 0 Å². The molecule has 1 heterocycles. The molecule has 0 bridgehead atoms. The number of H-pyrrole nitrogens is 1. The van der Waals surface area contributed by atoms with E-state index in [1.807, 2.05) is 24.3 Å². The largest absolute Gasteiger partial charge is 0.487 e. The predicted molar refractivity (Wildman–Crippen MR) is 102 cm³/mol. The molecule has 1 N–H and O–H groups in total. The lowest BCUT2D eigenvalue weighted by atomic mass is 10.1. The van der Waals surface area contributed by atoms with E-state index in [2.05, 4.69) is 9.97 Å². The Morgan fingerprint density at radius 1 is 0.964 bits per heavy atom. The summed E-state index contributed by atoms with van der Waals surface area (Å²) in [5.74, 6) is 0.912. The number of hydrogen-bond donors (Lipinski definition) is 1. The molecule has 0 radical (unpaired) electrons. The summed E-state index contributed by atoms with van der Waals surface area (Å²) in [5.41, 5.74) is 1.74. The molecule has 3 nitrogen and oxygen atoms in total. The summed E-state index contributed by atoms with van der Waals surface area (Å²) >= 11 is 6.18. The Morgan fingerprint density at radius 2 is 1.71 bits per heavy atom. The number of halogens is 4. The second-order valence-electron chi connectivity index (χ2n) is 6.19. The highest BCUT2D eigenvalue weighted by Crippen LogP contribution is 2.34. The number of benzene rings is 3. The van der Waals surface area contributed by atoms with Crippen LogP contribution in [-0.2, 0) is 12.8 Å². The van der Waals surface area contributed by atoms with Gasteiger partial charge >= 0.3 is 6.18 Å². The van der Waals surface area contributed by atoms with Crippen LogP contribution in [0.4, 0.5) is 13.2 Å². The molecule has 142 valence electrons. The number of alkyl halides is 3. The first kappa shape index (κ1) is 18.4. The maximum atomic E-state index is 13.1. The van der Waals surface area contributed by atoms with Gasteiger partial charge in [0.25, 0.3) is 0 Å². The number of hydrogen-bond acceptors (Lipinski definition) is 2. The summed E-state index contributed by atoms with van der Waals surface area (Å²) in [6.45, 7) is -0.251. The zero-order valence-corrected chi connectivity index (χ0v) is 15.2. The zero-order valence-electron chi connectivity index (χ0n) is 14.4. The topological polar surface area (TPSA) is 37.9 Å². The maximum Gasteiger partial charge on any atom is 0.416 e.